The maximum Gasteiger partial charge on any atom is 0.229 e. The lowest BCUT2D eigenvalue weighted by Crippen LogP contribution is -2.39. The van der Waals surface area contributed by atoms with Gasteiger partial charge < -0.3 is 28.7 Å². The Morgan fingerprint density at radius 1 is 0.902 bits per heavy atom. The van der Waals surface area contributed by atoms with Gasteiger partial charge in [0.15, 0.2) is 5.82 Å². The first kappa shape index (κ1) is 28.6. The van der Waals surface area contributed by atoms with E-state index in [-0.39, 0.29) is 0 Å². The summed E-state index contributed by atoms with van der Waals surface area (Å²) in [4.78, 5) is 13.9. The Hall–Kier alpha value is -3.89. The maximum atomic E-state index is 6.04. The third kappa shape index (κ3) is 8.08. The zero-order chi connectivity index (χ0) is 28.3. The fourth-order valence-corrected chi connectivity index (χ4v) is 4.75. The molecular weight excluding hydrogens is 520 g/mol. The minimum atomic E-state index is 0.448. The van der Waals surface area contributed by atoms with E-state index in [1.165, 1.54) is 5.56 Å². The zero-order valence-corrected chi connectivity index (χ0v) is 24.0. The van der Waals surface area contributed by atoms with E-state index in [0.29, 0.717) is 57.3 Å². The molecular formula is C31H40N6O4. The van der Waals surface area contributed by atoms with Crippen LogP contribution < -0.4 is 24.7 Å². The average molecular weight is 561 g/mol. The third-order valence-corrected chi connectivity index (χ3v) is 7.25. The molecule has 1 aromatic heterocycles. The van der Waals surface area contributed by atoms with Crippen molar-refractivity contribution in [1.82, 2.24) is 9.97 Å². The molecule has 41 heavy (non-hydrogen) atoms. The smallest absolute Gasteiger partial charge is 0.229 e. The zero-order valence-electron chi connectivity index (χ0n) is 24.0. The molecule has 3 heterocycles. The first-order chi connectivity index (χ1) is 20.2. The Morgan fingerprint density at radius 2 is 1.63 bits per heavy atom. The summed E-state index contributed by atoms with van der Waals surface area (Å²) >= 11 is 0. The molecule has 1 unspecified atom stereocenters. The highest BCUT2D eigenvalue weighted by molar-refractivity contribution is 5.80. The number of hydrazone groups is 1. The summed E-state index contributed by atoms with van der Waals surface area (Å²) in [7, 11) is 0. The molecule has 2 fully saturated rings. The molecule has 2 saturated heterocycles. The molecule has 0 aliphatic carbocycles. The number of rotatable bonds is 12. The monoisotopic (exact) mass is 560 g/mol. The van der Waals surface area contributed by atoms with E-state index >= 15 is 0 Å². The van der Waals surface area contributed by atoms with E-state index in [0.717, 1.165) is 55.5 Å². The van der Waals surface area contributed by atoms with E-state index in [4.69, 9.17) is 28.9 Å². The van der Waals surface area contributed by atoms with E-state index in [1.54, 1.807) is 6.21 Å². The van der Waals surface area contributed by atoms with Gasteiger partial charge in [0.25, 0.3) is 0 Å². The summed E-state index contributed by atoms with van der Waals surface area (Å²) in [5.41, 5.74) is 5.25. The molecule has 5 rings (SSSR count). The highest BCUT2D eigenvalue weighted by Gasteiger charge is 2.19. The van der Waals surface area contributed by atoms with Crippen LogP contribution in [0.25, 0.3) is 0 Å². The quantitative estimate of drug-likeness (QED) is 0.194. The Labute approximate surface area is 242 Å². The number of ether oxygens (including phenoxy) is 4. The summed E-state index contributed by atoms with van der Waals surface area (Å²) in [6.45, 7) is 11.2. The van der Waals surface area contributed by atoms with Gasteiger partial charge in [-0.1, -0.05) is 44.2 Å². The van der Waals surface area contributed by atoms with E-state index in [9.17, 15) is 0 Å². The van der Waals surface area contributed by atoms with Gasteiger partial charge >= 0.3 is 0 Å². The molecule has 1 N–H and O–H groups in total. The number of benzene rings is 2. The average Bonchev–Trinajstić information content (AvgIpc) is 3.04. The molecule has 1 atom stereocenters. The highest BCUT2D eigenvalue weighted by Crippen LogP contribution is 2.28. The van der Waals surface area contributed by atoms with Crippen molar-refractivity contribution in [2.45, 2.75) is 26.2 Å². The molecule has 0 saturated carbocycles. The van der Waals surface area contributed by atoms with Crippen molar-refractivity contribution >= 4 is 23.8 Å². The minimum absolute atomic E-state index is 0.448. The Balaban J connectivity index is 1.18. The van der Waals surface area contributed by atoms with Crippen LogP contribution in [0, 0.1) is 0 Å². The lowest BCUT2D eigenvalue weighted by atomic mass is 9.98. The van der Waals surface area contributed by atoms with Crippen molar-refractivity contribution in [2.75, 3.05) is 81.0 Å². The number of nitrogens with zero attached hydrogens (tertiary/aromatic N) is 5. The molecule has 0 bridgehead atoms. The molecule has 10 heteroatoms. The van der Waals surface area contributed by atoms with Crippen molar-refractivity contribution in [1.29, 1.82) is 0 Å². The number of morpholine rings is 2. The second-order valence-corrected chi connectivity index (χ2v) is 10.1. The van der Waals surface area contributed by atoms with Gasteiger partial charge in [-0.2, -0.15) is 15.1 Å². The van der Waals surface area contributed by atoms with Crippen molar-refractivity contribution in [3.8, 4) is 11.5 Å². The topological polar surface area (TPSA) is 93.6 Å². The van der Waals surface area contributed by atoms with Gasteiger partial charge in [-0.3, -0.25) is 5.43 Å². The van der Waals surface area contributed by atoms with Crippen LogP contribution in [0.4, 0.5) is 17.6 Å². The maximum absolute atomic E-state index is 6.04. The normalized spacial score (nSPS) is 16.5. The van der Waals surface area contributed by atoms with Crippen LogP contribution in [0.1, 0.15) is 37.3 Å². The Bertz CT molecular complexity index is 1240. The van der Waals surface area contributed by atoms with Gasteiger partial charge in [0.05, 0.1) is 32.6 Å². The lowest BCUT2D eigenvalue weighted by Gasteiger charge is -2.31. The largest absolute Gasteiger partial charge is 0.490 e. The number of aromatic nitrogens is 2. The predicted octanol–water partition coefficient (Wildman–Crippen LogP) is 4.57. The lowest BCUT2D eigenvalue weighted by molar-refractivity contribution is 0.121. The van der Waals surface area contributed by atoms with Crippen LogP contribution in [0.15, 0.2) is 59.7 Å². The molecule has 2 aliphatic rings. The number of anilines is 3. The van der Waals surface area contributed by atoms with Crippen LogP contribution in [0.2, 0.25) is 0 Å². The van der Waals surface area contributed by atoms with Gasteiger partial charge in [0, 0.05) is 32.2 Å². The molecule has 0 radical (unpaired) electrons. The molecule has 10 nitrogen and oxygen atoms in total. The van der Waals surface area contributed by atoms with Crippen molar-refractivity contribution < 1.29 is 18.9 Å². The van der Waals surface area contributed by atoms with Crippen molar-refractivity contribution in [3.63, 3.8) is 0 Å². The van der Waals surface area contributed by atoms with Crippen LogP contribution in [0.5, 0.6) is 11.5 Å². The fraction of sp³-hybridized carbons (Fsp3) is 0.452. The predicted molar refractivity (Wildman–Crippen MR) is 162 cm³/mol. The van der Waals surface area contributed by atoms with Gasteiger partial charge in [0.1, 0.15) is 30.5 Å². The first-order valence-electron chi connectivity index (χ1n) is 14.5. The summed E-state index contributed by atoms with van der Waals surface area (Å²) in [5.74, 6) is 4.33. The van der Waals surface area contributed by atoms with Crippen LogP contribution >= 0.6 is 0 Å². The summed E-state index contributed by atoms with van der Waals surface area (Å²) in [5, 5.41) is 4.46. The first-order valence-corrected chi connectivity index (χ1v) is 14.5. The summed E-state index contributed by atoms with van der Waals surface area (Å²) in [6.07, 6.45) is 2.83. The number of hydrogen-bond donors (Lipinski definition) is 1. The molecule has 2 aromatic carbocycles. The number of hydrogen-bond acceptors (Lipinski definition) is 10. The Morgan fingerprint density at radius 3 is 2.41 bits per heavy atom. The highest BCUT2D eigenvalue weighted by atomic mass is 16.5. The van der Waals surface area contributed by atoms with Gasteiger partial charge in [-0.15, -0.1) is 0 Å². The molecule has 0 amide bonds. The molecule has 3 aromatic rings. The Kier molecular flexibility index (Phi) is 10.2. The van der Waals surface area contributed by atoms with E-state index < -0.39 is 0 Å². The van der Waals surface area contributed by atoms with Crippen LogP contribution in [-0.2, 0) is 9.47 Å². The summed E-state index contributed by atoms with van der Waals surface area (Å²) in [6, 6.07) is 18.0. The fourth-order valence-electron chi connectivity index (χ4n) is 4.75. The second kappa shape index (κ2) is 14.7. The molecule has 0 spiro atoms. The van der Waals surface area contributed by atoms with Crippen LogP contribution in [0.3, 0.4) is 0 Å². The van der Waals surface area contributed by atoms with Gasteiger partial charge in [0.2, 0.25) is 5.95 Å². The van der Waals surface area contributed by atoms with Gasteiger partial charge in [-0.25, -0.2) is 0 Å². The third-order valence-electron chi connectivity index (χ3n) is 7.25. The number of nitrogens with one attached hydrogen (secondary N) is 1. The summed E-state index contributed by atoms with van der Waals surface area (Å²) < 4.78 is 23.0. The SMILES string of the molecule is CCC(C)c1ccccc1OCCOc1cccc(/C=N/Nc2cc(N3CCOCC3)nc(N3CCOCC3)n2)c1. The molecule has 218 valence electrons. The second-order valence-electron chi connectivity index (χ2n) is 10.1. The molecule has 2 aliphatic heterocycles. The van der Waals surface area contributed by atoms with Crippen LogP contribution in [-0.4, -0.2) is 82.0 Å². The van der Waals surface area contributed by atoms with Crippen molar-refractivity contribution in [3.05, 3.63) is 65.7 Å². The van der Waals surface area contributed by atoms with Gasteiger partial charge in [-0.05, 0) is 41.7 Å². The number of para-hydroxylation sites is 1. The minimum Gasteiger partial charge on any atom is -0.490 e. The van der Waals surface area contributed by atoms with Crippen molar-refractivity contribution in [2.24, 2.45) is 5.10 Å². The van der Waals surface area contributed by atoms with E-state index in [1.807, 2.05) is 42.5 Å². The van der Waals surface area contributed by atoms with E-state index in [2.05, 4.69) is 46.3 Å². The standard InChI is InChI=1S/C31H40N6O4/c1-3-24(2)27-9-4-5-10-28(27)41-20-19-40-26-8-6-7-25(21-26)23-32-35-29-22-30(36-11-15-38-16-12-36)34-31(33-29)37-13-17-39-18-14-37/h4-10,21-24H,3,11-20H2,1-2H3,(H,33,34,35)/b32-23+.